The third-order valence-electron chi connectivity index (χ3n) is 4.99. The van der Waals surface area contributed by atoms with E-state index in [1.165, 1.54) is 0 Å². The quantitative estimate of drug-likeness (QED) is 0.206. The zero-order valence-corrected chi connectivity index (χ0v) is 19.7. The Morgan fingerprint density at radius 2 is 0.771 bits per heavy atom. The van der Waals surface area contributed by atoms with Crippen LogP contribution in [-0.2, 0) is 9.13 Å². The van der Waals surface area contributed by atoms with Crippen molar-refractivity contribution in [2.45, 2.75) is 0 Å². The molecule has 0 unspecified atom stereocenters. The molecule has 0 aromatic heterocycles. The zero-order chi connectivity index (χ0) is 25.2. The van der Waals surface area contributed by atoms with Crippen molar-refractivity contribution in [3.8, 4) is 50.6 Å². The van der Waals surface area contributed by atoms with Crippen molar-refractivity contribution in [1.29, 1.82) is 0 Å². The third-order valence-corrected chi connectivity index (χ3v) is 5.83. The molecule has 0 aliphatic heterocycles. The number of benzene rings is 4. The van der Waals surface area contributed by atoms with Gasteiger partial charge < -0.3 is 14.2 Å². The van der Waals surface area contributed by atoms with Gasteiger partial charge in [0.25, 0.3) is 0 Å². The van der Waals surface area contributed by atoms with Gasteiger partial charge in [-0.3, -0.25) is 19.6 Å². The van der Waals surface area contributed by atoms with E-state index in [1.807, 2.05) is 0 Å². The van der Waals surface area contributed by atoms with Crippen molar-refractivity contribution >= 4 is 15.6 Å². The second-order valence-corrected chi connectivity index (χ2v) is 9.72. The summed E-state index contributed by atoms with van der Waals surface area (Å²) in [4.78, 5) is 38.9. The summed E-state index contributed by atoms with van der Waals surface area (Å²) in [7, 11) is -10.4. The van der Waals surface area contributed by atoms with Gasteiger partial charge in [-0.25, -0.2) is 9.13 Å². The Morgan fingerprint density at radius 3 is 1.06 bits per heavy atom. The highest BCUT2D eigenvalue weighted by Crippen LogP contribution is 2.60. The molecule has 5 N–H and O–H groups in total. The van der Waals surface area contributed by atoms with Crippen LogP contribution in [0.5, 0.6) is 17.2 Å². The lowest BCUT2D eigenvalue weighted by molar-refractivity contribution is 0.281. The summed E-state index contributed by atoms with van der Waals surface area (Å²) in [6.07, 6.45) is 0. The molecule has 0 atom stereocenters. The van der Waals surface area contributed by atoms with E-state index in [0.29, 0.717) is 11.1 Å². The lowest BCUT2D eigenvalue weighted by Gasteiger charge is -2.24. The number of phosphoric acid groups is 2. The van der Waals surface area contributed by atoms with Crippen LogP contribution in [0.15, 0.2) is 91.0 Å². The Morgan fingerprint density at radius 1 is 0.486 bits per heavy atom. The van der Waals surface area contributed by atoms with Crippen LogP contribution in [0.1, 0.15) is 0 Å². The van der Waals surface area contributed by atoms with Crippen LogP contribution in [-0.4, -0.2) is 24.7 Å². The SMILES string of the molecule is O=P(O)(O)Oc1c(-c2ccccc2)c(O)c(-c2ccccc2)c(OP(=O)(O)O)c1-c1ccccc1. The molecule has 0 aliphatic rings. The lowest BCUT2D eigenvalue weighted by Crippen LogP contribution is -2.02. The second-order valence-electron chi connectivity index (χ2n) is 7.39. The summed E-state index contributed by atoms with van der Waals surface area (Å²) in [5, 5.41) is 11.5. The molecule has 0 bridgehead atoms. The van der Waals surface area contributed by atoms with Gasteiger partial charge >= 0.3 is 15.6 Å². The number of hydrogen-bond donors (Lipinski definition) is 5. The third kappa shape index (κ3) is 5.63. The fourth-order valence-corrected chi connectivity index (χ4v) is 4.57. The van der Waals surface area contributed by atoms with E-state index in [0.717, 1.165) is 0 Å². The Bertz CT molecular complexity index is 1340. The van der Waals surface area contributed by atoms with Gasteiger partial charge in [0.2, 0.25) is 0 Å². The number of phenols is 1. The van der Waals surface area contributed by atoms with E-state index < -0.39 is 32.9 Å². The number of hydrogen-bond acceptors (Lipinski definition) is 5. The second kappa shape index (κ2) is 9.68. The summed E-state index contributed by atoms with van der Waals surface area (Å²) in [5.41, 5.74) is 0.604. The molecule has 0 saturated heterocycles. The van der Waals surface area contributed by atoms with Gasteiger partial charge in [0.05, 0.1) is 16.7 Å². The molecule has 4 aromatic rings. The van der Waals surface area contributed by atoms with Crippen molar-refractivity contribution in [3.05, 3.63) is 91.0 Å². The molecule has 11 heteroatoms. The first kappa shape index (κ1) is 24.7. The monoisotopic (exact) mass is 514 g/mol. The van der Waals surface area contributed by atoms with Crippen LogP contribution >= 0.6 is 15.6 Å². The Labute approximate surface area is 200 Å². The predicted molar refractivity (Wildman–Crippen MR) is 130 cm³/mol. The fourth-order valence-electron chi connectivity index (χ4n) is 3.73. The first-order valence-electron chi connectivity index (χ1n) is 10.1. The van der Waals surface area contributed by atoms with E-state index in [4.69, 9.17) is 9.05 Å². The average Bonchev–Trinajstić information content (AvgIpc) is 2.79. The van der Waals surface area contributed by atoms with Crippen molar-refractivity contribution in [2.24, 2.45) is 0 Å². The molecule has 180 valence electrons. The van der Waals surface area contributed by atoms with Crippen molar-refractivity contribution in [3.63, 3.8) is 0 Å². The Balaban J connectivity index is 2.26. The molecule has 4 rings (SSSR count). The summed E-state index contributed by atoms with van der Waals surface area (Å²) < 4.78 is 34.2. The maximum atomic E-state index is 12.0. The van der Waals surface area contributed by atoms with E-state index in [9.17, 15) is 33.8 Å². The molecule has 0 saturated carbocycles. The molecule has 0 radical (unpaired) electrons. The summed E-state index contributed by atoms with van der Waals surface area (Å²) in [6.45, 7) is 0. The van der Waals surface area contributed by atoms with Crippen LogP contribution in [0.2, 0.25) is 0 Å². The number of rotatable bonds is 7. The average molecular weight is 514 g/mol. The van der Waals surface area contributed by atoms with Gasteiger partial charge in [0.1, 0.15) is 5.75 Å². The summed E-state index contributed by atoms with van der Waals surface area (Å²) in [5.74, 6) is -1.55. The zero-order valence-electron chi connectivity index (χ0n) is 17.9. The minimum atomic E-state index is -5.22. The van der Waals surface area contributed by atoms with E-state index in [-0.39, 0.29) is 22.3 Å². The predicted octanol–water partition coefficient (Wildman–Crippen LogP) is 5.34. The largest absolute Gasteiger partial charge is 0.524 e. The number of aromatic hydroxyl groups is 1. The van der Waals surface area contributed by atoms with Crippen LogP contribution in [0, 0.1) is 0 Å². The van der Waals surface area contributed by atoms with Gasteiger partial charge in [-0.2, -0.15) is 0 Å². The summed E-state index contributed by atoms with van der Waals surface area (Å²) >= 11 is 0. The van der Waals surface area contributed by atoms with Crippen molar-refractivity contribution in [2.75, 3.05) is 0 Å². The molecule has 0 heterocycles. The van der Waals surface area contributed by atoms with Crippen LogP contribution in [0.25, 0.3) is 33.4 Å². The highest BCUT2D eigenvalue weighted by molar-refractivity contribution is 7.47. The van der Waals surface area contributed by atoms with Gasteiger partial charge in [-0.15, -0.1) is 0 Å². The molecule has 0 spiro atoms. The Hall–Kier alpha value is -3.42. The first-order valence-corrected chi connectivity index (χ1v) is 13.2. The topological polar surface area (TPSA) is 154 Å². The van der Waals surface area contributed by atoms with Gasteiger partial charge in [-0.05, 0) is 16.7 Å². The number of phosphoric ester groups is 2. The van der Waals surface area contributed by atoms with Crippen LogP contribution < -0.4 is 9.05 Å². The maximum Gasteiger partial charge on any atom is 0.524 e. The normalized spacial score (nSPS) is 11.8. The maximum absolute atomic E-state index is 12.0. The van der Waals surface area contributed by atoms with Gasteiger partial charge in [0.15, 0.2) is 11.5 Å². The molecule has 0 amide bonds. The minimum absolute atomic E-state index is 0.0929. The molecular formula is C24H20O9P2. The Kier molecular flexibility index (Phi) is 6.83. The lowest BCUT2D eigenvalue weighted by atomic mass is 9.89. The fraction of sp³-hybridized carbons (Fsp3) is 0. The van der Waals surface area contributed by atoms with E-state index in [1.54, 1.807) is 91.0 Å². The van der Waals surface area contributed by atoms with Crippen molar-refractivity contribution < 1.29 is 42.9 Å². The van der Waals surface area contributed by atoms with Gasteiger partial charge in [-0.1, -0.05) is 91.0 Å². The van der Waals surface area contributed by atoms with E-state index in [2.05, 4.69) is 0 Å². The molecule has 9 nitrogen and oxygen atoms in total. The smallest absolute Gasteiger partial charge is 0.506 e. The van der Waals surface area contributed by atoms with Crippen LogP contribution in [0.4, 0.5) is 0 Å². The molecule has 0 fully saturated rings. The molecular weight excluding hydrogens is 494 g/mol. The summed E-state index contributed by atoms with van der Waals surface area (Å²) in [6, 6.07) is 24.4. The highest BCUT2D eigenvalue weighted by atomic mass is 31.2. The highest BCUT2D eigenvalue weighted by Gasteiger charge is 2.34. The molecule has 0 aliphatic carbocycles. The van der Waals surface area contributed by atoms with Crippen LogP contribution in [0.3, 0.4) is 0 Å². The standard InChI is InChI=1S/C24H20O9P2/c25-22-19(16-10-4-1-5-11-16)23(32-34(26,27)28)21(18-14-8-3-9-15-18)24(33-35(29,30)31)20(22)17-12-6-2-7-13-17/h1-15,25H,(H2,26,27,28)(H2,29,30,31). The molecule has 4 aromatic carbocycles. The van der Waals surface area contributed by atoms with Gasteiger partial charge in [0, 0.05) is 0 Å². The van der Waals surface area contributed by atoms with Crippen molar-refractivity contribution in [1.82, 2.24) is 0 Å². The molecule has 35 heavy (non-hydrogen) atoms. The first-order chi connectivity index (χ1) is 16.6. The number of phenolic OH excluding ortho intramolecular Hbond substituents is 1. The minimum Gasteiger partial charge on any atom is -0.506 e. The van der Waals surface area contributed by atoms with E-state index >= 15 is 0 Å².